The van der Waals surface area contributed by atoms with Gasteiger partial charge in [0.25, 0.3) is 29.8 Å². The van der Waals surface area contributed by atoms with Gasteiger partial charge in [-0.25, -0.2) is 51.8 Å². The Hall–Kier alpha value is -9.49. The van der Waals surface area contributed by atoms with Gasteiger partial charge in [-0.05, 0) is 23.2 Å². The summed E-state index contributed by atoms with van der Waals surface area (Å²) in [6.45, 7) is 20.8. The summed E-state index contributed by atoms with van der Waals surface area (Å²) >= 11 is 0. The zero-order valence-electron chi connectivity index (χ0n) is 54.5. The number of aryl methyl sites for hydroxylation is 5. The van der Waals surface area contributed by atoms with Crippen LogP contribution in [-0.4, -0.2) is 158 Å². The highest BCUT2D eigenvalue weighted by atomic mass is 16.5. The van der Waals surface area contributed by atoms with E-state index in [4.69, 9.17) is 0 Å². The zero-order valence-corrected chi connectivity index (χ0v) is 54.5. The molecule has 0 saturated heterocycles. The Labute approximate surface area is 502 Å². The van der Waals surface area contributed by atoms with Gasteiger partial charge in [-0.2, -0.15) is 13.7 Å². The van der Waals surface area contributed by atoms with Crippen LogP contribution in [0.2, 0.25) is 0 Å². The second-order valence-electron chi connectivity index (χ2n) is 14.6. The van der Waals surface area contributed by atoms with Gasteiger partial charge in [-0.15, -0.1) is 0 Å². The van der Waals surface area contributed by atoms with Crippen LogP contribution >= 0.6 is 0 Å². The fourth-order valence-corrected chi connectivity index (χ4v) is 5.47. The number of nitrogens with zero attached hydrogens (tertiary/aromatic N) is 12. The van der Waals surface area contributed by atoms with E-state index in [0.29, 0.717) is 40.8 Å². The van der Waals surface area contributed by atoms with E-state index in [-0.39, 0.29) is 35.7 Å². The molecular formula is C59H95N12O14+7. The van der Waals surface area contributed by atoms with E-state index in [2.05, 4.69) is 58.1 Å². The van der Waals surface area contributed by atoms with E-state index in [1.165, 1.54) is 73.2 Å². The maximum atomic E-state index is 11.0. The molecule has 0 spiro atoms. The predicted molar refractivity (Wildman–Crippen MR) is 315 cm³/mol. The molecule has 2 aliphatic heterocycles. The van der Waals surface area contributed by atoms with Gasteiger partial charge in [-0.3, -0.25) is 4.98 Å². The molecule has 0 N–H and O–H groups in total. The van der Waals surface area contributed by atoms with Gasteiger partial charge in [-0.1, -0.05) is 84.2 Å². The number of rotatable bonds is 7. The molecule has 5 aromatic heterocycles. The number of carbonyl (C=O) groups excluding carboxylic acids is 7. The summed E-state index contributed by atoms with van der Waals surface area (Å²) in [6.07, 6.45) is 23.9. The Morgan fingerprint density at radius 1 is 0.424 bits per heavy atom. The van der Waals surface area contributed by atoms with Crippen molar-refractivity contribution in [3.63, 3.8) is 0 Å². The van der Waals surface area contributed by atoms with E-state index >= 15 is 0 Å². The lowest BCUT2D eigenvalue weighted by Gasteiger charge is -1.96. The quantitative estimate of drug-likeness (QED) is 0.128. The Morgan fingerprint density at radius 2 is 0.894 bits per heavy atom. The van der Waals surface area contributed by atoms with Crippen LogP contribution in [0.4, 0.5) is 0 Å². The molecule has 0 bridgehead atoms. The molecule has 85 heavy (non-hydrogen) atoms. The predicted octanol–water partition coefficient (Wildman–Crippen LogP) is 3.57. The molecule has 26 nitrogen and oxygen atoms in total. The molecule has 468 valence electrons. The zero-order chi connectivity index (χ0) is 66.5. The summed E-state index contributed by atoms with van der Waals surface area (Å²) in [6, 6.07) is 8.71. The minimum absolute atomic E-state index is 0.238. The average Bonchev–Trinajstić information content (AvgIpc) is 4.25. The van der Waals surface area contributed by atoms with Crippen LogP contribution in [0, 0.1) is 0 Å². The van der Waals surface area contributed by atoms with Crippen LogP contribution in [0.3, 0.4) is 0 Å². The molecule has 7 rings (SSSR count). The Kier molecular flexibility index (Phi) is 53.4. The molecule has 0 saturated carbocycles. The first-order chi connectivity index (χ1) is 40.8. The first kappa shape index (κ1) is 84.3. The van der Waals surface area contributed by atoms with Crippen LogP contribution in [0.25, 0.3) is 0 Å². The summed E-state index contributed by atoms with van der Waals surface area (Å²) in [5.74, 6) is -1.90. The molecular weight excluding hydrogens is 1100 g/mol. The minimum Gasteiger partial charge on any atom is -0.463 e. The van der Waals surface area contributed by atoms with Gasteiger partial charge in [0.2, 0.25) is 12.0 Å². The number of esters is 7. The Bertz CT molecular complexity index is 2540. The largest absolute Gasteiger partial charge is 0.463 e. The third-order valence-electron chi connectivity index (χ3n) is 9.56. The van der Waals surface area contributed by atoms with Crippen molar-refractivity contribution in [1.82, 2.24) is 24.9 Å². The van der Waals surface area contributed by atoms with Gasteiger partial charge >= 0.3 is 59.1 Å². The van der Waals surface area contributed by atoms with Crippen molar-refractivity contribution in [1.29, 1.82) is 0 Å². The second-order valence-corrected chi connectivity index (χ2v) is 14.6. The van der Waals surface area contributed by atoms with Crippen molar-refractivity contribution in [3.8, 4) is 0 Å². The third kappa shape index (κ3) is 33.9. The minimum atomic E-state index is -0.463. The number of likely N-dealkylation sites (N-methyl/N-ethyl adjacent to an activating group) is 1. The third-order valence-corrected chi connectivity index (χ3v) is 9.56. The Morgan fingerprint density at radius 3 is 1.32 bits per heavy atom. The normalized spacial score (nSPS) is 10.2. The lowest BCUT2D eigenvalue weighted by atomic mass is 10.3. The first-order valence-corrected chi connectivity index (χ1v) is 26.9. The number of pyridine rings is 1. The number of hydrogen-bond acceptors (Lipinski definition) is 19. The van der Waals surface area contributed by atoms with Crippen LogP contribution in [-0.2, 0) is 78.0 Å². The number of carbonyl (C=O) groups is 7. The summed E-state index contributed by atoms with van der Waals surface area (Å²) < 4.78 is 43.3. The van der Waals surface area contributed by atoms with Gasteiger partial charge in [0.15, 0.2) is 25.1 Å². The van der Waals surface area contributed by atoms with Crippen LogP contribution < -0.4 is 22.8 Å². The summed E-state index contributed by atoms with van der Waals surface area (Å²) in [4.78, 5) is 95.4. The fraction of sp³-hybridized carbons (Fsp3) is 0.441. The van der Waals surface area contributed by atoms with Crippen LogP contribution in [0.15, 0.2) is 117 Å². The van der Waals surface area contributed by atoms with Crippen LogP contribution in [0.5, 0.6) is 0 Å². The van der Waals surface area contributed by atoms with Crippen molar-refractivity contribution in [2.24, 2.45) is 35.2 Å². The van der Waals surface area contributed by atoms with Crippen molar-refractivity contribution < 1.29 is 98.7 Å². The van der Waals surface area contributed by atoms with E-state index in [1.807, 2.05) is 112 Å². The lowest BCUT2D eigenvalue weighted by Crippen LogP contribution is -2.38. The second kappa shape index (κ2) is 53.8. The maximum Gasteiger partial charge on any atom is 0.425 e. The van der Waals surface area contributed by atoms with Gasteiger partial charge < -0.3 is 33.2 Å². The molecule has 0 radical (unpaired) electrons. The molecule has 0 atom stereocenters. The van der Waals surface area contributed by atoms with Gasteiger partial charge in [0, 0.05) is 30.3 Å². The highest BCUT2D eigenvalue weighted by Gasteiger charge is 2.24. The van der Waals surface area contributed by atoms with Crippen LogP contribution in [0.1, 0.15) is 128 Å². The summed E-state index contributed by atoms with van der Waals surface area (Å²) in [5.41, 5.74) is 2.80. The number of aromatic nitrogens is 10. The monoisotopic (exact) mass is 1200 g/mol. The molecule has 5 aromatic rings. The average molecular weight is 1200 g/mol. The van der Waals surface area contributed by atoms with Gasteiger partial charge in [0.05, 0.1) is 89.7 Å². The molecule has 26 heteroatoms. The molecule has 0 aliphatic carbocycles. The highest BCUT2D eigenvalue weighted by Crippen LogP contribution is 2.00. The maximum absolute atomic E-state index is 11.0. The van der Waals surface area contributed by atoms with Crippen molar-refractivity contribution in [2.75, 3.05) is 70.4 Å². The van der Waals surface area contributed by atoms with Gasteiger partial charge in [0.1, 0.15) is 46.8 Å². The smallest absolute Gasteiger partial charge is 0.425 e. The van der Waals surface area contributed by atoms with E-state index < -0.39 is 11.9 Å². The number of methoxy groups -OCH3 is 7. The molecule has 2 aliphatic rings. The summed E-state index contributed by atoms with van der Waals surface area (Å²) in [7, 11) is 21.9. The van der Waals surface area contributed by atoms with E-state index in [0.717, 1.165) is 6.54 Å². The SMILES string of the molecule is CC.CC.CC.CC.CC.COC(=O)C1=[N+](C)C=CC1.COC(=O)C1=[N+](C)CC=C1.COC(=O)c1cccc[n+]1C.COC(=O)c1ccnc[n+]1C.COC(=O)c1cncc[n+]1C.COC(=O)c1nccc[n+]1C.COC(=O)c1ncnc[n+]1C. The number of hydrogen-bond donors (Lipinski definition) is 0. The topological polar surface area (TPSA) is 274 Å². The van der Waals surface area contributed by atoms with Crippen molar-refractivity contribution in [2.45, 2.75) is 75.7 Å². The summed E-state index contributed by atoms with van der Waals surface area (Å²) in [5, 5.41) is 0. The standard InChI is InChI=1S/C8H10NO2.3C7H9N2O2.2C7H10NO2.C6H8N3O2.5C2H6/c1-9-6-4-3-5-7(9)8(10)11-2;1-9-4-3-8-5-6(9)7(10)11-2;1-9-5-8-4-3-6(9)7(10)11-2;1-9-5-3-4-8-6(9)7(10)11-2;2*1-8-5-3-4-6(8)7(9)10-2;1-9-4-7-3-8-5(9)6(10)11-2;5*1-2/h3-6H,1-2H3;3*3-5H,1-2H3;3,5H,4H2,1-2H3;3-4H,5H2,1-2H3;3-4H,1-2H3;5*1-2H3/q7*+1;;;;;. The van der Waals surface area contributed by atoms with Crippen molar-refractivity contribution in [3.05, 3.63) is 146 Å². The number of allylic oxidation sites excluding steroid dienone is 1. The fourth-order valence-electron chi connectivity index (χ4n) is 5.47. The molecule has 0 fully saturated rings. The first-order valence-electron chi connectivity index (χ1n) is 26.9. The van der Waals surface area contributed by atoms with E-state index in [1.54, 1.807) is 132 Å². The lowest BCUT2D eigenvalue weighted by molar-refractivity contribution is -0.680. The molecule has 0 aromatic carbocycles. The molecule has 0 unspecified atom stereocenters. The Balaban J connectivity index is -0.000000285. The van der Waals surface area contributed by atoms with E-state index in [9.17, 15) is 33.6 Å². The number of ether oxygens (including phenoxy) is 7. The molecule has 0 amide bonds. The molecule has 7 heterocycles. The highest BCUT2D eigenvalue weighted by molar-refractivity contribution is 6.39. The van der Waals surface area contributed by atoms with Crippen molar-refractivity contribution >= 4 is 53.2 Å².